The Kier molecular flexibility index (Phi) is 5.09. The first-order valence-corrected chi connectivity index (χ1v) is 9.91. The second-order valence-corrected chi connectivity index (χ2v) is 7.83. The number of aromatic nitrogens is 1. The lowest BCUT2D eigenvalue weighted by Crippen LogP contribution is -2.45. The third-order valence-electron chi connectivity index (χ3n) is 5.61. The number of H-pyrrole nitrogens is 1. The van der Waals surface area contributed by atoms with Gasteiger partial charge in [-0.2, -0.15) is 0 Å². The summed E-state index contributed by atoms with van der Waals surface area (Å²) in [6, 6.07) is 14.5. The van der Waals surface area contributed by atoms with E-state index in [1.54, 1.807) is 0 Å². The molecule has 0 bridgehead atoms. The van der Waals surface area contributed by atoms with Crippen molar-refractivity contribution in [1.29, 1.82) is 0 Å². The molecule has 4 rings (SSSR count). The van der Waals surface area contributed by atoms with Crippen LogP contribution in [0.5, 0.6) is 0 Å². The third kappa shape index (κ3) is 3.76. The monoisotopic (exact) mass is 376 g/mol. The molecule has 1 saturated heterocycles. The Morgan fingerprint density at radius 3 is 2.61 bits per heavy atom. The van der Waals surface area contributed by atoms with E-state index in [0.717, 1.165) is 42.6 Å². The van der Waals surface area contributed by atoms with Crippen LogP contribution in [0, 0.1) is 13.8 Å². The fourth-order valence-electron chi connectivity index (χ4n) is 4.01. The minimum absolute atomic E-state index is 0.0681. The summed E-state index contributed by atoms with van der Waals surface area (Å²) in [4.78, 5) is 20.8. The topological polar surface area (TPSA) is 51.4 Å². The fraction of sp³-hybridized carbons (Fsp3) is 0.348. The van der Waals surface area contributed by atoms with Gasteiger partial charge in [0.05, 0.1) is 0 Å². The average Bonchev–Trinajstić information content (AvgIpc) is 3.11. The number of piperazine rings is 1. The van der Waals surface area contributed by atoms with Gasteiger partial charge in [-0.15, -0.1) is 0 Å². The largest absolute Gasteiger partial charge is 0.369 e. The van der Waals surface area contributed by atoms with Crippen LogP contribution in [0.2, 0.25) is 0 Å². The molecule has 2 N–H and O–H groups in total. The molecule has 0 radical (unpaired) electrons. The van der Waals surface area contributed by atoms with Gasteiger partial charge in [0.25, 0.3) is 5.91 Å². The molecule has 0 saturated carbocycles. The van der Waals surface area contributed by atoms with Gasteiger partial charge in [0.15, 0.2) is 0 Å². The van der Waals surface area contributed by atoms with Crippen LogP contribution in [0.15, 0.2) is 42.5 Å². The van der Waals surface area contributed by atoms with Gasteiger partial charge < -0.3 is 20.1 Å². The van der Waals surface area contributed by atoms with E-state index in [4.69, 9.17) is 0 Å². The SMILES string of the molecule is Cc1cc(C)c2cc(C(=O)NCc3ccccc3N3CCN(C)CC3)[nH]c2c1. The number of hydrogen-bond donors (Lipinski definition) is 2. The molecule has 146 valence electrons. The smallest absolute Gasteiger partial charge is 0.267 e. The van der Waals surface area contributed by atoms with Gasteiger partial charge in [-0.25, -0.2) is 0 Å². The van der Waals surface area contributed by atoms with E-state index in [9.17, 15) is 4.79 Å². The number of anilines is 1. The molecule has 5 heteroatoms. The molecule has 28 heavy (non-hydrogen) atoms. The highest BCUT2D eigenvalue weighted by atomic mass is 16.1. The van der Waals surface area contributed by atoms with Gasteiger partial charge in [0.1, 0.15) is 5.69 Å². The number of nitrogens with one attached hydrogen (secondary N) is 2. The Morgan fingerprint density at radius 2 is 1.82 bits per heavy atom. The number of carbonyl (C=O) groups is 1. The van der Waals surface area contributed by atoms with E-state index >= 15 is 0 Å². The predicted molar refractivity (Wildman–Crippen MR) is 115 cm³/mol. The summed E-state index contributed by atoms with van der Waals surface area (Å²) in [5, 5.41) is 4.20. The Labute approximate surface area is 166 Å². The average molecular weight is 377 g/mol. The minimum atomic E-state index is -0.0681. The second-order valence-electron chi connectivity index (χ2n) is 7.83. The molecular weight excluding hydrogens is 348 g/mol. The molecule has 2 heterocycles. The summed E-state index contributed by atoms with van der Waals surface area (Å²) in [5.74, 6) is -0.0681. The standard InChI is InChI=1S/C23H28N4O/c1-16-12-17(2)19-14-21(25-20(19)13-16)23(28)24-15-18-6-4-5-7-22(18)27-10-8-26(3)9-11-27/h4-7,12-14,25H,8-11,15H2,1-3H3,(H,24,28). The highest BCUT2D eigenvalue weighted by molar-refractivity contribution is 5.99. The first-order chi connectivity index (χ1) is 13.5. The van der Waals surface area contributed by atoms with Crippen LogP contribution in [0.3, 0.4) is 0 Å². The number of para-hydroxylation sites is 1. The molecule has 0 atom stereocenters. The number of likely N-dealkylation sites (N-methyl/N-ethyl adjacent to an activating group) is 1. The maximum absolute atomic E-state index is 12.8. The summed E-state index contributed by atoms with van der Waals surface area (Å²) in [7, 11) is 2.16. The van der Waals surface area contributed by atoms with E-state index in [1.807, 2.05) is 12.1 Å². The van der Waals surface area contributed by atoms with Gasteiger partial charge >= 0.3 is 0 Å². The molecule has 1 aromatic heterocycles. The van der Waals surface area contributed by atoms with Crippen LogP contribution in [0.25, 0.3) is 10.9 Å². The number of nitrogens with zero attached hydrogens (tertiary/aromatic N) is 2. The zero-order valence-corrected chi connectivity index (χ0v) is 16.9. The third-order valence-corrected chi connectivity index (χ3v) is 5.61. The summed E-state index contributed by atoms with van der Waals surface area (Å²) in [6.45, 7) is 8.83. The number of carbonyl (C=O) groups excluding carboxylic acids is 1. The highest BCUT2D eigenvalue weighted by Gasteiger charge is 2.17. The van der Waals surface area contributed by atoms with E-state index in [1.165, 1.54) is 16.8 Å². The van der Waals surface area contributed by atoms with E-state index in [0.29, 0.717) is 12.2 Å². The molecule has 2 aromatic carbocycles. The number of aromatic amines is 1. The quantitative estimate of drug-likeness (QED) is 0.733. The van der Waals surface area contributed by atoms with Crippen LogP contribution < -0.4 is 10.2 Å². The molecule has 1 fully saturated rings. The molecule has 0 unspecified atom stereocenters. The normalized spacial score (nSPS) is 15.2. The Balaban J connectivity index is 1.49. The Hall–Kier alpha value is -2.79. The van der Waals surface area contributed by atoms with Gasteiger partial charge in [-0.1, -0.05) is 24.3 Å². The lowest BCUT2D eigenvalue weighted by atomic mass is 10.1. The molecule has 0 spiro atoms. The summed E-state index contributed by atoms with van der Waals surface area (Å²) in [5.41, 5.74) is 6.38. The molecule has 3 aromatic rings. The van der Waals surface area contributed by atoms with E-state index in [2.05, 4.69) is 71.3 Å². The van der Waals surface area contributed by atoms with Crippen molar-refractivity contribution in [3.63, 3.8) is 0 Å². The summed E-state index contributed by atoms with van der Waals surface area (Å²) < 4.78 is 0. The number of amides is 1. The predicted octanol–water partition coefficient (Wildman–Crippen LogP) is 3.47. The van der Waals surface area contributed by atoms with Gasteiger partial charge in [-0.05, 0) is 55.8 Å². The molecule has 0 aliphatic carbocycles. The van der Waals surface area contributed by atoms with Gasteiger partial charge in [0.2, 0.25) is 0 Å². The molecular formula is C23H28N4O. The molecule has 1 aliphatic rings. The number of rotatable bonds is 4. The van der Waals surface area contributed by atoms with Crippen LogP contribution in [-0.4, -0.2) is 49.0 Å². The highest BCUT2D eigenvalue weighted by Crippen LogP contribution is 2.23. The van der Waals surface area contributed by atoms with Crippen molar-refractivity contribution in [2.24, 2.45) is 0 Å². The van der Waals surface area contributed by atoms with Gasteiger partial charge in [-0.3, -0.25) is 4.79 Å². The van der Waals surface area contributed by atoms with E-state index in [-0.39, 0.29) is 5.91 Å². The number of hydrogen-bond acceptors (Lipinski definition) is 3. The van der Waals surface area contributed by atoms with Crippen LogP contribution in [-0.2, 0) is 6.54 Å². The lowest BCUT2D eigenvalue weighted by Gasteiger charge is -2.35. The van der Waals surface area contributed by atoms with Crippen molar-refractivity contribution in [3.05, 3.63) is 64.8 Å². The van der Waals surface area contributed by atoms with Crippen molar-refractivity contribution in [2.45, 2.75) is 20.4 Å². The number of fused-ring (bicyclic) bond motifs is 1. The van der Waals surface area contributed by atoms with Crippen molar-refractivity contribution in [1.82, 2.24) is 15.2 Å². The minimum Gasteiger partial charge on any atom is -0.369 e. The second kappa shape index (κ2) is 7.68. The first-order valence-electron chi connectivity index (χ1n) is 9.91. The lowest BCUT2D eigenvalue weighted by molar-refractivity contribution is 0.0947. The fourth-order valence-corrected chi connectivity index (χ4v) is 4.01. The first kappa shape index (κ1) is 18.6. The van der Waals surface area contributed by atoms with Crippen molar-refractivity contribution < 1.29 is 4.79 Å². The van der Waals surface area contributed by atoms with E-state index < -0.39 is 0 Å². The van der Waals surface area contributed by atoms with Gasteiger partial charge in [0, 0.05) is 49.3 Å². The molecule has 1 amide bonds. The van der Waals surface area contributed by atoms with Crippen molar-refractivity contribution in [2.75, 3.05) is 38.1 Å². The zero-order chi connectivity index (χ0) is 19.7. The Bertz CT molecular complexity index is 999. The van der Waals surface area contributed by atoms with Crippen LogP contribution in [0.1, 0.15) is 27.2 Å². The molecule has 5 nitrogen and oxygen atoms in total. The Morgan fingerprint density at radius 1 is 1.07 bits per heavy atom. The maximum Gasteiger partial charge on any atom is 0.267 e. The number of benzene rings is 2. The molecule has 1 aliphatic heterocycles. The summed E-state index contributed by atoms with van der Waals surface area (Å²) in [6.07, 6.45) is 0. The van der Waals surface area contributed by atoms with Crippen molar-refractivity contribution >= 4 is 22.5 Å². The summed E-state index contributed by atoms with van der Waals surface area (Å²) >= 11 is 0. The maximum atomic E-state index is 12.8. The van der Waals surface area contributed by atoms with Crippen LogP contribution >= 0.6 is 0 Å². The van der Waals surface area contributed by atoms with Crippen molar-refractivity contribution in [3.8, 4) is 0 Å². The number of aryl methyl sites for hydroxylation is 2. The van der Waals surface area contributed by atoms with Crippen LogP contribution in [0.4, 0.5) is 5.69 Å². The zero-order valence-electron chi connectivity index (χ0n) is 16.9.